The molecule has 0 bridgehead atoms. The predicted molar refractivity (Wildman–Crippen MR) is 238 cm³/mol. The Labute approximate surface area is 373 Å². The summed E-state index contributed by atoms with van der Waals surface area (Å²) in [6, 6.07) is -9.03. The molecule has 21 N–H and O–H groups in total. The van der Waals surface area contributed by atoms with E-state index in [0.29, 0.717) is 31.5 Å². The SMILES string of the molecule is CC(C)C[C@H](NC(=O)[C@@H](N)CC(C)C)C(=O)N[C@@H](CCCN=C(N)N)C(=O)N[C@@H](CCCN=C(N)N)C(=O)N[C@@H](Cc1cnc[nH]1)C(=O)N[C@@H](CO)C(=O)N[C@@H](CCCCN)C(=O)O. The van der Waals surface area contributed by atoms with Crippen LogP contribution in [-0.4, -0.2) is 142 Å². The number of nitrogens with one attached hydrogen (secondary N) is 7. The molecule has 0 saturated carbocycles. The molecule has 64 heavy (non-hydrogen) atoms. The number of carboxylic acid groups (broad SMARTS) is 1. The smallest absolute Gasteiger partial charge is 0.326 e. The van der Waals surface area contributed by atoms with Gasteiger partial charge in [-0.05, 0) is 76.2 Å². The Morgan fingerprint density at radius 2 is 1.06 bits per heavy atom. The maximum atomic E-state index is 14.1. The lowest BCUT2D eigenvalue weighted by molar-refractivity contribution is -0.142. The molecule has 0 unspecified atom stereocenters. The summed E-state index contributed by atoms with van der Waals surface area (Å²) < 4.78 is 0. The Hall–Kier alpha value is -6.08. The standard InChI is InChI=1S/C39H72N16O9/c1-21(2)15-24(41)31(57)53-28(16-22(3)4)34(60)51-25(10-7-13-47-38(42)43)32(58)50-26(11-8-14-48-39(44)45)33(59)54-29(17-23-18-46-20-49-23)35(61)55-30(19-56)36(62)52-27(37(63)64)9-5-6-12-40/h18,20-22,24-30,56H,5-17,19,40-41H2,1-4H3,(H,46,49)(H,50,58)(H,51,60)(H,52,62)(H,53,57)(H,54,59)(H,55,61)(H,63,64)(H4,42,43,47)(H4,44,45,48)/t24-,25-,26-,27-,28-,29-,30-/m0/s1. The average Bonchev–Trinajstić information content (AvgIpc) is 3.73. The minimum Gasteiger partial charge on any atom is -0.480 e. The highest BCUT2D eigenvalue weighted by Gasteiger charge is 2.34. The van der Waals surface area contributed by atoms with Gasteiger partial charge in [-0.1, -0.05) is 27.7 Å². The van der Waals surface area contributed by atoms with Crippen molar-refractivity contribution in [3.05, 3.63) is 18.2 Å². The molecule has 0 aliphatic heterocycles. The maximum absolute atomic E-state index is 14.1. The van der Waals surface area contributed by atoms with E-state index < -0.39 is 90.3 Å². The number of carbonyl (C=O) groups is 7. The summed E-state index contributed by atoms with van der Waals surface area (Å²) in [5.41, 5.74) is 33.9. The minimum absolute atomic E-state index is 0.0167. The number of imidazole rings is 1. The summed E-state index contributed by atoms with van der Waals surface area (Å²) in [6.45, 7) is 7.03. The van der Waals surface area contributed by atoms with Crippen LogP contribution in [0.15, 0.2) is 22.5 Å². The lowest BCUT2D eigenvalue weighted by Crippen LogP contribution is -2.60. The second-order valence-electron chi connectivity index (χ2n) is 16.2. The van der Waals surface area contributed by atoms with Crippen molar-refractivity contribution in [1.82, 2.24) is 41.9 Å². The Bertz CT molecular complexity index is 1680. The van der Waals surface area contributed by atoms with E-state index in [0.717, 1.165) is 0 Å². The third kappa shape index (κ3) is 22.8. The van der Waals surface area contributed by atoms with Crippen LogP contribution in [0.25, 0.3) is 0 Å². The van der Waals surface area contributed by atoms with Crippen LogP contribution in [0, 0.1) is 11.8 Å². The third-order valence-electron chi connectivity index (χ3n) is 9.55. The molecule has 6 amide bonds. The molecule has 1 aromatic heterocycles. The summed E-state index contributed by atoms with van der Waals surface area (Å²) in [7, 11) is 0. The lowest BCUT2D eigenvalue weighted by atomic mass is 10.00. The molecule has 25 nitrogen and oxygen atoms in total. The van der Waals surface area contributed by atoms with Gasteiger partial charge in [0.05, 0.1) is 19.0 Å². The lowest BCUT2D eigenvalue weighted by Gasteiger charge is -2.28. The Morgan fingerprint density at radius 3 is 1.52 bits per heavy atom. The molecule has 0 spiro atoms. The molecule has 0 aromatic carbocycles. The first-order valence-corrected chi connectivity index (χ1v) is 21.4. The highest BCUT2D eigenvalue weighted by Crippen LogP contribution is 2.11. The van der Waals surface area contributed by atoms with Gasteiger partial charge in [0.15, 0.2) is 11.9 Å². The van der Waals surface area contributed by atoms with Crippen molar-refractivity contribution in [2.75, 3.05) is 26.2 Å². The van der Waals surface area contributed by atoms with E-state index in [1.807, 2.05) is 27.7 Å². The number of aromatic amines is 1. The number of nitrogens with two attached hydrogens (primary N) is 6. The Morgan fingerprint density at radius 1 is 0.625 bits per heavy atom. The number of aliphatic hydroxyl groups excluding tert-OH is 1. The van der Waals surface area contributed by atoms with Gasteiger partial charge in [-0.3, -0.25) is 38.8 Å². The summed E-state index contributed by atoms with van der Waals surface area (Å²) in [5.74, 6) is -6.54. The molecule has 362 valence electrons. The quantitative estimate of drug-likeness (QED) is 0.0184. The largest absolute Gasteiger partial charge is 0.480 e. The van der Waals surface area contributed by atoms with Crippen LogP contribution in [-0.2, 0) is 40.0 Å². The number of aliphatic imine (C=N–C) groups is 2. The zero-order valence-electron chi connectivity index (χ0n) is 37.3. The molecule has 25 heteroatoms. The number of aliphatic carboxylic acids is 1. The maximum Gasteiger partial charge on any atom is 0.326 e. The molecule has 0 aliphatic carbocycles. The zero-order valence-corrected chi connectivity index (χ0v) is 37.3. The van der Waals surface area contributed by atoms with Crippen LogP contribution in [0.2, 0.25) is 0 Å². The number of nitrogens with zero attached hydrogens (tertiary/aromatic N) is 3. The van der Waals surface area contributed by atoms with Crippen molar-refractivity contribution in [3.63, 3.8) is 0 Å². The number of carboxylic acids is 1. The van der Waals surface area contributed by atoms with Gasteiger partial charge in [0.2, 0.25) is 35.4 Å². The van der Waals surface area contributed by atoms with Crippen LogP contribution >= 0.6 is 0 Å². The Balaban J connectivity index is 3.50. The monoisotopic (exact) mass is 909 g/mol. The van der Waals surface area contributed by atoms with Gasteiger partial charge in [-0.25, -0.2) is 9.78 Å². The second kappa shape index (κ2) is 30.1. The molecule has 0 fully saturated rings. The van der Waals surface area contributed by atoms with Crippen LogP contribution in [0.4, 0.5) is 0 Å². The van der Waals surface area contributed by atoms with E-state index in [1.165, 1.54) is 12.5 Å². The van der Waals surface area contributed by atoms with Gasteiger partial charge in [-0.15, -0.1) is 0 Å². The van der Waals surface area contributed by atoms with E-state index in [1.54, 1.807) is 0 Å². The van der Waals surface area contributed by atoms with Crippen LogP contribution < -0.4 is 66.3 Å². The number of H-pyrrole nitrogens is 1. The van der Waals surface area contributed by atoms with Crippen LogP contribution in [0.5, 0.6) is 0 Å². The molecule has 0 radical (unpaired) electrons. The van der Waals surface area contributed by atoms with Gasteiger partial charge in [0, 0.05) is 31.4 Å². The predicted octanol–water partition coefficient (Wildman–Crippen LogP) is -4.41. The second-order valence-corrected chi connectivity index (χ2v) is 16.2. The van der Waals surface area contributed by atoms with Gasteiger partial charge in [0.25, 0.3) is 0 Å². The van der Waals surface area contributed by atoms with Gasteiger partial charge in [-0.2, -0.15) is 0 Å². The summed E-state index contributed by atoms with van der Waals surface area (Å²) in [6.07, 6.45) is 4.28. The summed E-state index contributed by atoms with van der Waals surface area (Å²) in [5, 5.41) is 35.0. The number of aliphatic hydroxyl groups is 1. The fourth-order valence-electron chi connectivity index (χ4n) is 6.27. The number of rotatable bonds is 32. The first kappa shape index (κ1) is 55.9. The van der Waals surface area contributed by atoms with Crippen molar-refractivity contribution < 1.29 is 43.8 Å². The van der Waals surface area contributed by atoms with Gasteiger partial charge >= 0.3 is 5.97 Å². The fourth-order valence-corrected chi connectivity index (χ4v) is 6.27. The van der Waals surface area contributed by atoms with Crippen molar-refractivity contribution >= 4 is 53.3 Å². The zero-order chi connectivity index (χ0) is 48.4. The summed E-state index contributed by atoms with van der Waals surface area (Å²) in [4.78, 5) is 108. The van der Waals surface area contributed by atoms with E-state index in [9.17, 15) is 43.8 Å². The number of aromatic nitrogens is 2. The molecule has 7 atom stereocenters. The number of hydrogen-bond donors (Lipinski definition) is 15. The molecule has 1 heterocycles. The Kier molecular flexibility index (Phi) is 26.3. The molecule has 0 saturated heterocycles. The van der Waals surface area contributed by atoms with E-state index in [2.05, 4.69) is 51.9 Å². The first-order valence-electron chi connectivity index (χ1n) is 21.4. The van der Waals surface area contributed by atoms with E-state index in [-0.39, 0.29) is 81.8 Å². The number of hydrogen-bond acceptors (Lipinski definition) is 13. The topological polar surface area (TPSA) is 442 Å². The van der Waals surface area contributed by atoms with Gasteiger partial charge in [0.1, 0.15) is 36.3 Å². The van der Waals surface area contributed by atoms with Crippen molar-refractivity contribution in [2.24, 2.45) is 56.2 Å². The average molecular weight is 909 g/mol. The van der Waals surface area contributed by atoms with Crippen molar-refractivity contribution in [2.45, 2.75) is 134 Å². The molecule has 1 aromatic rings. The number of carbonyl (C=O) groups excluding carboxylic acids is 6. The molecule has 1 rings (SSSR count). The van der Waals surface area contributed by atoms with Crippen molar-refractivity contribution in [1.29, 1.82) is 0 Å². The summed E-state index contributed by atoms with van der Waals surface area (Å²) >= 11 is 0. The van der Waals surface area contributed by atoms with Gasteiger partial charge < -0.3 is 81.5 Å². The first-order chi connectivity index (χ1) is 30.2. The number of amides is 6. The number of unbranched alkanes of at least 4 members (excludes halogenated alkanes) is 1. The molecule has 0 aliphatic rings. The van der Waals surface area contributed by atoms with E-state index in [4.69, 9.17) is 34.4 Å². The highest BCUT2D eigenvalue weighted by atomic mass is 16.4. The van der Waals surface area contributed by atoms with Crippen molar-refractivity contribution in [3.8, 4) is 0 Å². The van der Waals surface area contributed by atoms with Crippen LogP contribution in [0.1, 0.15) is 91.2 Å². The van der Waals surface area contributed by atoms with E-state index >= 15 is 0 Å². The molecular formula is C39H72N16O9. The third-order valence-corrected chi connectivity index (χ3v) is 9.55. The van der Waals surface area contributed by atoms with Crippen LogP contribution in [0.3, 0.4) is 0 Å². The normalized spacial score (nSPS) is 14.4. The molecular weight excluding hydrogens is 837 g/mol. The fraction of sp³-hybridized carbons (Fsp3) is 0.692. The minimum atomic E-state index is -1.63. The highest BCUT2D eigenvalue weighted by molar-refractivity contribution is 5.97. The number of guanidine groups is 2.